The number of anilines is 1. The van der Waals surface area contributed by atoms with Crippen molar-refractivity contribution in [3.05, 3.63) is 52.2 Å². The molecule has 1 atom stereocenters. The highest BCUT2D eigenvalue weighted by Crippen LogP contribution is 2.24. The van der Waals surface area contributed by atoms with Crippen LogP contribution in [0.25, 0.3) is 0 Å². The average Bonchev–Trinajstić information content (AvgIpc) is 3.04. The molecule has 1 saturated heterocycles. The van der Waals surface area contributed by atoms with Crippen molar-refractivity contribution in [2.24, 2.45) is 0 Å². The zero-order valence-electron chi connectivity index (χ0n) is 11.7. The molecule has 1 amide bonds. The van der Waals surface area contributed by atoms with Gasteiger partial charge in [0.15, 0.2) is 0 Å². The molecule has 0 bridgehead atoms. The summed E-state index contributed by atoms with van der Waals surface area (Å²) >= 11 is 1.65. The molecule has 0 saturated carbocycles. The maximum atomic E-state index is 12.4. The summed E-state index contributed by atoms with van der Waals surface area (Å²) in [5, 5.41) is 4.12. The van der Waals surface area contributed by atoms with Crippen molar-refractivity contribution in [2.75, 3.05) is 25.4 Å². The van der Waals surface area contributed by atoms with Crippen LogP contribution in [0.2, 0.25) is 0 Å². The summed E-state index contributed by atoms with van der Waals surface area (Å²) in [4.78, 5) is 14.3. The monoisotopic (exact) mass is 302 g/mol. The van der Waals surface area contributed by atoms with E-state index in [1.807, 2.05) is 34.5 Å². The average molecular weight is 302 g/mol. The van der Waals surface area contributed by atoms with E-state index in [0.29, 0.717) is 26.1 Å². The van der Waals surface area contributed by atoms with E-state index in [1.165, 1.54) is 0 Å². The molecule has 4 nitrogen and oxygen atoms in total. The van der Waals surface area contributed by atoms with Crippen molar-refractivity contribution in [3.63, 3.8) is 0 Å². The second-order valence-corrected chi connectivity index (χ2v) is 5.95. The van der Waals surface area contributed by atoms with Gasteiger partial charge in [0, 0.05) is 12.2 Å². The molecular weight excluding hydrogens is 284 g/mol. The number of nitrogens with zero attached hydrogens (tertiary/aromatic N) is 1. The van der Waals surface area contributed by atoms with Gasteiger partial charge in [-0.1, -0.05) is 12.1 Å². The molecule has 2 heterocycles. The molecular formula is C16H18N2O2S. The molecule has 1 aliphatic heterocycles. The van der Waals surface area contributed by atoms with E-state index in [9.17, 15) is 4.79 Å². The summed E-state index contributed by atoms with van der Waals surface area (Å²) in [6, 6.07) is 9.53. The number of carbonyl (C=O) groups excluding carboxylic acids is 1. The Morgan fingerprint density at radius 3 is 2.86 bits per heavy atom. The Morgan fingerprint density at radius 2 is 2.14 bits per heavy atom. The first-order valence-electron chi connectivity index (χ1n) is 6.98. The topological polar surface area (TPSA) is 55.6 Å². The third kappa shape index (κ3) is 3.43. The molecule has 21 heavy (non-hydrogen) atoms. The Labute approximate surface area is 128 Å². The summed E-state index contributed by atoms with van der Waals surface area (Å²) in [5.74, 6) is 0.142. The number of ether oxygens (including phenoxy) is 1. The SMILES string of the molecule is Nc1ccc(CC(=O)N2CCOC(c3ccsc3)C2)cc1. The van der Waals surface area contributed by atoms with E-state index in [4.69, 9.17) is 10.5 Å². The second-order valence-electron chi connectivity index (χ2n) is 5.17. The first-order chi connectivity index (χ1) is 10.2. The molecule has 110 valence electrons. The fourth-order valence-corrected chi connectivity index (χ4v) is 3.16. The van der Waals surface area contributed by atoms with Gasteiger partial charge in [-0.05, 0) is 40.1 Å². The van der Waals surface area contributed by atoms with Crippen molar-refractivity contribution >= 4 is 22.9 Å². The second kappa shape index (κ2) is 6.28. The lowest BCUT2D eigenvalue weighted by atomic mass is 10.1. The highest BCUT2D eigenvalue weighted by atomic mass is 32.1. The number of carbonyl (C=O) groups is 1. The van der Waals surface area contributed by atoms with Crippen LogP contribution in [0.3, 0.4) is 0 Å². The van der Waals surface area contributed by atoms with Crippen LogP contribution in [-0.4, -0.2) is 30.5 Å². The largest absolute Gasteiger partial charge is 0.399 e. The van der Waals surface area contributed by atoms with Crippen molar-refractivity contribution in [1.82, 2.24) is 4.90 Å². The van der Waals surface area contributed by atoms with Crippen LogP contribution in [-0.2, 0) is 16.0 Å². The summed E-state index contributed by atoms with van der Waals surface area (Å²) in [7, 11) is 0. The number of benzene rings is 1. The highest BCUT2D eigenvalue weighted by molar-refractivity contribution is 7.07. The fraction of sp³-hybridized carbons (Fsp3) is 0.312. The molecule has 2 aromatic rings. The maximum absolute atomic E-state index is 12.4. The van der Waals surface area contributed by atoms with Gasteiger partial charge < -0.3 is 15.4 Å². The summed E-state index contributed by atoms with van der Waals surface area (Å²) in [6.07, 6.45) is 0.414. The number of hydrogen-bond donors (Lipinski definition) is 1. The number of rotatable bonds is 3. The lowest BCUT2D eigenvalue weighted by Gasteiger charge is -2.33. The van der Waals surface area contributed by atoms with Crippen molar-refractivity contribution in [1.29, 1.82) is 0 Å². The molecule has 0 aliphatic carbocycles. The third-order valence-electron chi connectivity index (χ3n) is 3.67. The first-order valence-corrected chi connectivity index (χ1v) is 7.92. The Kier molecular flexibility index (Phi) is 4.22. The number of nitrogen functional groups attached to an aromatic ring is 1. The van der Waals surface area contributed by atoms with Gasteiger partial charge in [-0.2, -0.15) is 11.3 Å². The zero-order chi connectivity index (χ0) is 14.7. The summed E-state index contributed by atoms with van der Waals surface area (Å²) < 4.78 is 5.76. The number of morpholine rings is 1. The van der Waals surface area contributed by atoms with Crippen molar-refractivity contribution in [3.8, 4) is 0 Å². The summed E-state index contributed by atoms with van der Waals surface area (Å²) in [6.45, 7) is 1.88. The minimum Gasteiger partial charge on any atom is -0.399 e. The predicted molar refractivity (Wildman–Crippen MR) is 84.2 cm³/mol. The lowest BCUT2D eigenvalue weighted by Crippen LogP contribution is -2.42. The molecule has 1 unspecified atom stereocenters. The van der Waals surface area contributed by atoms with Crippen LogP contribution in [0.5, 0.6) is 0 Å². The predicted octanol–water partition coefficient (Wildman–Crippen LogP) is 2.47. The van der Waals surface area contributed by atoms with Gasteiger partial charge in [0.25, 0.3) is 0 Å². The van der Waals surface area contributed by atoms with Crippen LogP contribution < -0.4 is 5.73 Å². The molecule has 2 N–H and O–H groups in total. The van der Waals surface area contributed by atoms with Crippen LogP contribution >= 0.6 is 11.3 Å². The molecule has 1 aromatic carbocycles. The van der Waals surface area contributed by atoms with Crippen molar-refractivity contribution < 1.29 is 9.53 Å². The summed E-state index contributed by atoms with van der Waals surface area (Å²) in [5.41, 5.74) is 8.53. The smallest absolute Gasteiger partial charge is 0.227 e. The van der Waals surface area contributed by atoms with Crippen molar-refractivity contribution in [2.45, 2.75) is 12.5 Å². The van der Waals surface area contributed by atoms with E-state index in [1.54, 1.807) is 11.3 Å². The highest BCUT2D eigenvalue weighted by Gasteiger charge is 2.25. The Morgan fingerprint density at radius 1 is 1.33 bits per heavy atom. The lowest BCUT2D eigenvalue weighted by molar-refractivity contribution is -0.138. The maximum Gasteiger partial charge on any atom is 0.227 e. The number of amides is 1. The standard InChI is InChI=1S/C16H18N2O2S/c17-14-3-1-12(2-4-14)9-16(19)18-6-7-20-15(10-18)13-5-8-21-11-13/h1-5,8,11,15H,6-7,9-10,17H2. The Balaban J connectivity index is 1.63. The van der Waals surface area contributed by atoms with Crippen LogP contribution in [0.4, 0.5) is 5.69 Å². The minimum absolute atomic E-state index is 0.000341. The molecule has 1 fully saturated rings. The van der Waals surface area contributed by atoms with Gasteiger partial charge >= 0.3 is 0 Å². The fourth-order valence-electron chi connectivity index (χ4n) is 2.46. The van der Waals surface area contributed by atoms with Gasteiger partial charge in [0.2, 0.25) is 5.91 Å². The Hall–Kier alpha value is -1.85. The minimum atomic E-state index is 0.000341. The molecule has 0 spiro atoms. The van der Waals surface area contributed by atoms with E-state index in [0.717, 1.165) is 16.8 Å². The molecule has 1 aliphatic rings. The normalized spacial score (nSPS) is 18.7. The van der Waals surface area contributed by atoms with Gasteiger partial charge in [-0.15, -0.1) is 0 Å². The van der Waals surface area contributed by atoms with Gasteiger partial charge in [0.1, 0.15) is 6.10 Å². The number of hydrogen-bond acceptors (Lipinski definition) is 4. The van der Waals surface area contributed by atoms with Gasteiger partial charge in [-0.3, -0.25) is 4.79 Å². The van der Waals surface area contributed by atoms with Crippen LogP contribution in [0.15, 0.2) is 41.1 Å². The molecule has 3 rings (SSSR count). The van der Waals surface area contributed by atoms with Gasteiger partial charge in [-0.25, -0.2) is 0 Å². The first kappa shape index (κ1) is 14.1. The molecule has 5 heteroatoms. The zero-order valence-corrected chi connectivity index (χ0v) is 12.5. The van der Waals surface area contributed by atoms with E-state index in [2.05, 4.69) is 11.4 Å². The van der Waals surface area contributed by atoms with Gasteiger partial charge in [0.05, 0.1) is 19.6 Å². The molecule has 0 radical (unpaired) electrons. The van der Waals surface area contributed by atoms with E-state index < -0.39 is 0 Å². The Bertz CT molecular complexity index is 595. The van der Waals surface area contributed by atoms with E-state index in [-0.39, 0.29) is 12.0 Å². The quantitative estimate of drug-likeness (QED) is 0.886. The third-order valence-corrected chi connectivity index (χ3v) is 4.37. The molecule has 1 aromatic heterocycles. The van der Waals surface area contributed by atoms with E-state index >= 15 is 0 Å². The van der Waals surface area contributed by atoms with Crippen LogP contribution in [0, 0.1) is 0 Å². The van der Waals surface area contributed by atoms with Crippen LogP contribution in [0.1, 0.15) is 17.2 Å². The number of thiophene rings is 1. The number of nitrogens with two attached hydrogens (primary N) is 1.